The molecule has 0 aliphatic heterocycles. The molecule has 0 saturated heterocycles. The maximum Gasteiger partial charge on any atom is 0.274 e. The first-order chi connectivity index (χ1) is 14.2. The molecule has 0 bridgehead atoms. The van der Waals surface area contributed by atoms with Crippen molar-refractivity contribution in [2.24, 2.45) is 0 Å². The molecule has 0 radical (unpaired) electrons. The summed E-state index contributed by atoms with van der Waals surface area (Å²) in [6.07, 6.45) is 1.88. The molecule has 0 fully saturated rings. The molecule has 0 saturated carbocycles. The van der Waals surface area contributed by atoms with Gasteiger partial charge in [0.25, 0.3) is 5.56 Å². The molecule has 0 amide bonds. The molecule has 0 aliphatic rings. The molecular formula is C23H15BrN2O2S. The van der Waals surface area contributed by atoms with Gasteiger partial charge in [0.2, 0.25) is 0 Å². The van der Waals surface area contributed by atoms with E-state index in [2.05, 4.69) is 20.9 Å². The van der Waals surface area contributed by atoms with Gasteiger partial charge in [0.1, 0.15) is 12.4 Å². The van der Waals surface area contributed by atoms with Gasteiger partial charge in [0, 0.05) is 10.0 Å². The highest BCUT2D eigenvalue weighted by atomic mass is 79.9. The van der Waals surface area contributed by atoms with Crippen LogP contribution in [0.4, 0.5) is 0 Å². The summed E-state index contributed by atoms with van der Waals surface area (Å²) in [6.45, 7) is 0.464. The predicted octanol–water partition coefficient (Wildman–Crippen LogP) is 4.80. The van der Waals surface area contributed by atoms with Crippen molar-refractivity contribution in [1.82, 2.24) is 9.38 Å². The van der Waals surface area contributed by atoms with E-state index in [9.17, 15) is 4.79 Å². The molecular weight excluding hydrogens is 448 g/mol. The van der Waals surface area contributed by atoms with Crippen LogP contribution < -0.4 is 14.8 Å². The van der Waals surface area contributed by atoms with Crippen molar-refractivity contribution in [2.75, 3.05) is 0 Å². The van der Waals surface area contributed by atoms with Crippen LogP contribution in [0.2, 0.25) is 0 Å². The highest BCUT2D eigenvalue weighted by molar-refractivity contribution is 9.10. The van der Waals surface area contributed by atoms with Crippen LogP contribution in [0.3, 0.4) is 0 Å². The molecule has 6 heteroatoms. The molecule has 2 heterocycles. The number of para-hydroxylation sites is 2. The second-order valence-corrected chi connectivity index (χ2v) is 8.52. The molecule has 3 aromatic carbocycles. The minimum atomic E-state index is -0.0623. The number of hydrogen-bond acceptors (Lipinski definition) is 4. The van der Waals surface area contributed by atoms with E-state index < -0.39 is 0 Å². The Kier molecular flexibility index (Phi) is 4.66. The summed E-state index contributed by atoms with van der Waals surface area (Å²) in [5.74, 6) is 0.729. The van der Waals surface area contributed by atoms with Gasteiger partial charge >= 0.3 is 0 Å². The number of imidazole rings is 1. The zero-order chi connectivity index (χ0) is 19.8. The van der Waals surface area contributed by atoms with E-state index in [-0.39, 0.29) is 5.56 Å². The molecule has 5 rings (SSSR count). The number of halogens is 1. The summed E-state index contributed by atoms with van der Waals surface area (Å²) < 4.78 is 9.27. The second kappa shape index (κ2) is 7.46. The standard InChI is InChI=1S/C23H15BrN2O2S/c24-17-10-11-20(28-14-15-6-2-1-3-7-15)16(12-17)13-21-22(27)26-19-9-5-4-8-18(19)25-23(26)29-21/h1-13H,14H2. The van der Waals surface area contributed by atoms with E-state index in [1.807, 2.05) is 78.9 Å². The summed E-state index contributed by atoms with van der Waals surface area (Å²) in [6, 6.07) is 23.5. The van der Waals surface area contributed by atoms with Crippen LogP contribution in [-0.4, -0.2) is 9.38 Å². The van der Waals surface area contributed by atoms with E-state index in [1.54, 1.807) is 4.40 Å². The minimum absolute atomic E-state index is 0.0623. The van der Waals surface area contributed by atoms with Crippen molar-refractivity contribution in [3.8, 4) is 5.75 Å². The van der Waals surface area contributed by atoms with Gasteiger partial charge in [-0.2, -0.15) is 0 Å². The van der Waals surface area contributed by atoms with Crippen molar-refractivity contribution >= 4 is 49.3 Å². The van der Waals surface area contributed by atoms with Gasteiger partial charge in [-0.05, 0) is 42.0 Å². The Balaban J connectivity index is 1.59. The van der Waals surface area contributed by atoms with Crippen LogP contribution in [0.1, 0.15) is 11.1 Å². The smallest absolute Gasteiger partial charge is 0.274 e. The van der Waals surface area contributed by atoms with Crippen molar-refractivity contribution in [2.45, 2.75) is 6.61 Å². The number of aromatic nitrogens is 2. The minimum Gasteiger partial charge on any atom is -0.488 e. The Morgan fingerprint density at radius 2 is 1.83 bits per heavy atom. The van der Waals surface area contributed by atoms with Crippen LogP contribution in [0.5, 0.6) is 5.75 Å². The fourth-order valence-corrected chi connectivity index (χ4v) is 4.61. The van der Waals surface area contributed by atoms with Crippen LogP contribution in [-0.2, 0) is 6.61 Å². The number of fused-ring (bicyclic) bond motifs is 3. The van der Waals surface area contributed by atoms with Crippen molar-refractivity contribution in [1.29, 1.82) is 0 Å². The second-order valence-electron chi connectivity index (χ2n) is 6.59. The molecule has 2 aromatic heterocycles. The Labute approximate surface area is 178 Å². The predicted molar refractivity (Wildman–Crippen MR) is 121 cm³/mol. The van der Waals surface area contributed by atoms with E-state index >= 15 is 0 Å². The highest BCUT2D eigenvalue weighted by Crippen LogP contribution is 2.25. The van der Waals surface area contributed by atoms with Gasteiger partial charge in [-0.1, -0.05) is 69.7 Å². The topological polar surface area (TPSA) is 43.6 Å². The van der Waals surface area contributed by atoms with Gasteiger partial charge in [-0.15, -0.1) is 0 Å². The lowest BCUT2D eigenvalue weighted by molar-refractivity contribution is 0.305. The zero-order valence-corrected chi connectivity index (χ0v) is 17.6. The van der Waals surface area contributed by atoms with Gasteiger partial charge in [-0.3, -0.25) is 4.79 Å². The Bertz CT molecular complexity index is 1440. The highest BCUT2D eigenvalue weighted by Gasteiger charge is 2.11. The lowest BCUT2D eigenvalue weighted by Gasteiger charge is -2.09. The number of ether oxygens (including phenoxy) is 1. The number of benzene rings is 3. The number of nitrogens with zero attached hydrogens (tertiary/aromatic N) is 2. The Morgan fingerprint density at radius 1 is 1.03 bits per heavy atom. The van der Waals surface area contributed by atoms with E-state index in [4.69, 9.17) is 4.74 Å². The molecule has 29 heavy (non-hydrogen) atoms. The SMILES string of the molecule is O=c1c(=Cc2cc(Br)ccc2OCc2ccccc2)sc2nc3ccccc3n12. The average Bonchev–Trinajstić information content (AvgIpc) is 3.24. The lowest BCUT2D eigenvalue weighted by Crippen LogP contribution is -2.22. The normalized spacial score (nSPS) is 12.1. The quantitative estimate of drug-likeness (QED) is 0.385. The number of hydrogen-bond donors (Lipinski definition) is 0. The zero-order valence-electron chi connectivity index (χ0n) is 15.2. The van der Waals surface area contributed by atoms with Crippen LogP contribution in [0, 0.1) is 0 Å². The molecule has 4 nitrogen and oxygen atoms in total. The van der Waals surface area contributed by atoms with Gasteiger partial charge in [0.15, 0.2) is 4.96 Å². The summed E-state index contributed by atoms with van der Waals surface area (Å²) >= 11 is 4.90. The van der Waals surface area contributed by atoms with Crippen LogP contribution >= 0.6 is 27.3 Å². The molecule has 0 N–H and O–H groups in total. The lowest BCUT2D eigenvalue weighted by atomic mass is 10.2. The molecule has 5 aromatic rings. The van der Waals surface area contributed by atoms with E-state index in [0.717, 1.165) is 32.4 Å². The third kappa shape index (κ3) is 3.45. The van der Waals surface area contributed by atoms with Crippen LogP contribution in [0.15, 0.2) is 82.1 Å². The van der Waals surface area contributed by atoms with Gasteiger partial charge < -0.3 is 4.74 Å². The van der Waals surface area contributed by atoms with E-state index in [0.29, 0.717) is 16.1 Å². The largest absolute Gasteiger partial charge is 0.488 e. The summed E-state index contributed by atoms with van der Waals surface area (Å²) in [5.41, 5.74) is 3.54. The fraction of sp³-hybridized carbons (Fsp3) is 0.0435. The van der Waals surface area contributed by atoms with E-state index in [1.165, 1.54) is 11.3 Å². The monoisotopic (exact) mass is 462 g/mol. The van der Waals surface area contributed by atoms with Crippen LogP contribution in [0.25, 0.3) is 22.1 Å². The molecule has 0 aliphatic carbocycles. The van der Waals surface area contributed by atoms with Crippen molar-refractivity contribution in [3.63, 3.8) is 0 Å². The Morgan fingerprint density at radius 3 is 2.69 bits per heavy atom. The van der Waals surface area contributed by atoms with Gasteiger partial charge in [-0.25, -0.2) is 9.38 Å². The first-order valence-electron chi connectivity index (χ1n) is 9.07. The summed E-state index contributed by atoms with van der Waals surface area (Å²) in [4.78, 5) is 18.3. The third-order valence-electron chi connectivity index (χ3n) is 4.64. The number of rotatable bonds is 4. The number of thiazole rings is 1. The maximum atomic E-state index is 13.0. The summed E-state index contributed by atoms with van der Waals surface area (Å²) in [7, 11) is 0. The fourth-order valence-electron chi connectivity index (χ4n) is 3.25. The first kappa shape index (κ1) is 18.1. The maximum absolute atomic E-state index is 13.0. The van der Waals surface area contributed by atoms with Crippen molar-refractivity contribution in [3.05, 3.63) is 103 Å². The Hall–Kier alpha value is -2.96. The molecule has 0 spiro atoms. The third-order valence-corrected chi connectivity index (χ3v) is 6.10. The molecule has 0 atom stereocenters. The average molecular weight is 463 g/mol. The van der Waals surface area contributed by atoms with Gasteiger partial charge in [0.05, 0.1) is 15.6 Å². The van der Waals surface area contributed by atoms with Crippen molar-refractivity contribution < 1.29 is 4.74 Å². The molecule has 0 unspecified atom stereocenters. The first-order valence-corrected chi connectivity index (χ1v) is 10.7. The summed E-state index contributed by atoms with van der Waals surface area (Å²) in [5, 5.41) is 0. The molecule has 142 valence electrons.